The molecule has 3 aromatic carbocycles. The van der Waals surface area contributed by atoms with Gasteiger partial charge in [-0.1, -0.05) is 78.6 Å². The minimum Gasteiger partial charge on any atom is -0.489 e. The van der Waals surface area contributed by atoms with Gasteiger partial charge in [-0.25, -0.2) is 0 Å². The molecule has 1 fully saturated rings. The van der Waals surface area contributed by atoms with Crippen LogP contribution in [0.5, 0.6) is 11.5 Å². The average molecular weight is 492 g/mol. The van der Waals surface area contributed by atoms with Gasteiger partial charge in [0.1, 0.15) is 35.6 Å². The highest BCUT2D eigenvalue weighted by atomic mass is 32.2. The second-order valence-electron chi connectivity index (χ2n) is 7.40. The van der Waals surface area contributed by atoms with Crippen LogP contribution in [-0.2, 0) is 22.8 Å². The van der Waals surface area contributed by atoms with E-state index in [1.165, 1.54) is 0 Å². The SMILES string of the molecule is O=C(O)CN1C(=O)/C(=C/c2ccc(OCc3ccccc3)c(COc3ccccc3)c2)SC1=S. The molecular formula is C26H21NO5S2. The zero-order valence-corrected chi connectivity index (χ0v) is 19.7. The molecule has 0 aromatic heterocycles. The zero-order chi connectivity index (χ0) is 23.9. The van der Waals surface area contributed by atoms with Crippen LogP contribution in [0.2, 0.25) is 0 Å². The average Bonchev–Trinajstić information content (AvgIpc) is 3.10. The van der Waals surface area contributed by atoms with E-state index in [2.05, 4.69) is 0 Å². The quantitative estimate of drug-likeness (QED) is 0.328. The van der Waals surface area contributed by atoms with Crippen molar-refractivity contribution in [2.24, 2.45) is 0 Å². The van der Waals surface area contributed by atoms with Gasteiger partial charge >= 0.3 is 5.97 Å². The van der Waals surface area contributed by atoms with Crippen LogP contribution in [0, 0.1) is 0 Å². The van der Waals surface area contributed by atoms with E-state index in [-0.39, 0.29) is 10.9 Å². The number of aliphatic carboxylic acids is 1. The number of hydrogen-bond acceptors (Lipinski definition) is 6. The van der Waals surface area contributed by atoms with E-state index < -0.39 is 18.4 Å². The van der Waals surface area contributed by atoms with Gasteiger partial charge in [0, 0.05) is 5.56 Å². The summed E-state index contributed by atoms with van der Waals surface area (Å²) in [5.74, 6) is -0.117. The maximum absolute atomic E-state index is 12.6. The normalized spacial score (nSPS) is 14.5. The van der Waals surface area contributed by atoms with Crippen LogP contribution >= 0.6 is 24.0 Å². The van der Waals surface area contributed by atoms with Gasteiger partial charge in [-0.3, -0.25) is 14.5 Å². The number of carboxylic acid groups (broad SMARTS) is 1. The van der Waals surface area contributed by atoms with Gasteiger partial charge in [-0.05, 0) is 41.5 Å². The highest BCUT2D eigenvalue weighted by Crippen LogP contribution is 2.33. The molecule has 1 amide bonds. The lowest BCUT2D eigenvalue weighted by Crippen LogP contribution is -2.33. The fourth-order valence-corrected chi connectivity index (χ4v) is 4.53. The van der Waals surface area contributed by atoms with Crippen molar-refractivity contribution in [3.63, 3.8) is 0 Å². The zero-order valence-electron chi connectivity index (χ0n) is 18.0. The molecule has 1 saturated heterocycles. The van der Waals surface area contributed by atoms with Crippen LogP contribution in [-0.4, -0.2) is 32.7 Å². The van der Waals surface area contributed by atoms with Crippen LogP contribution in [0.3, 0.4) is 0 Å². The van der Waals surface area contributed by atoms with Crippen molar-refractivity contribution in [3.8, 4) is 11.5 Å². The molecule has 172 valence electrons. The first-order valence-corrected chi connectivity index (χ1v) is 11.7. The summed E-state index contributed by atoms with van der Waals surface area (Å²) < 4.78 is 12.2. The van der Waals surface area contributed by atoms with Crippen molar-refractivity contribution < 1.29 is 24.2 Å². The Morgan fingerprint density at radius 1 is 0.971 bits per heavy atom. The predicted octanol–water partition coefficient (Wildman–Crippen LogP) is 5.13. The molecule has 0 bridgehead atoms. The lowest BCUT2D eigenvalue weighted by atomic mass is 10.1. The molecule has 1 N–H and O–H groups in total. The van der Waals surface area contributed by atoms with E-state index >= 15 is 0 Å². The Morgan fingerprint density at radius 3 is 2.38 bits per heavy atom. The summed E-state index contributed by atoms with van der Waals surface area (Å²) in [6.45, 7) is 0.229. The fourth-order valence-electron chi connectivity index (χ4n) is 3.28. The summed E-state index contributed by atoms with van der Waals surface area (Å²) in [7, 11) is 0. The third-order valence-corrected chi connectivity index (χ3v) is 6.30. The van der Waals surface area contributed by atoms with Crippen LogP contribution in [0.1, 0.15) is 16.7 Å². The van der Waals surface area contributed by atoms with Gasteiger partial charge < -0.3 is 14.6 Å². The number of rotatable bonds is 9. The van der Waals surface area contributed by atoms with Crippen LogP contribution in [0.25, 0.3) is 6.08 Å². The maximum atomic E-state index is 12.6. The first kappa shape index (κ1) is 23.5. The number of carboxylic acids is 1. The largest absolute Gasteiger partial charge is 0.489 e. The van der Waals surface area contributed by atoms with Crippen LogP contribution in [0.15, 0.2) is 83.8 Å². The Bertz CT molecular complexity index is 1230. The summed E-state index contributed by atoms with van der Waals surface area (Å²) in [6, 6.07) is 24.9. The minimum absolute atomic E-state index is 0.231. The molecule has 8 heteroatoms. The summed E-state index contributed by atoms with van der Waals surface area (Å²) in [5, 5.41) is 9.03. The van der Waals surface area contributed by atoms with Crippen molar-refractivity contribution in [3.05, 3.63) is 100 Å². The molecule has 1 aliphatic heterocycles. The van der Waals surface area contributed by atoms with Crippen molar-refractivity contribution in [1.29, 1.82) is 0 Å². The minimum atomic E-state index is -1.11. The van der Waals surface area contributed by atoms with E-state index in [0.29, 0.717) is 17.3 Å². The standard InChI is InChI=1S/C26H21NO5S2/c28-24(29)15-27-25(30)23(34-26(27)33)14-19-11-12-22(32-16-18-7-3-1-4-8-18)20(13-19)17-31-21-9-5-2-6-10-21/h1-14H,15-17H2,(H,28,29)/b23-14-. The van der Waals surface area contributed by atoms with Crippen LogP contribution in [0.4, 0.5) is 0 Å². The summed E-state index contributed by atoms with van der Waals surface area (Å²) >= 11 is 6.27. The Morgan fingerprint density at radius 2 is 1.68 bits per heavy atom. The number of para-hydroxylation sites is 1. The van der Waals surface area contributed by atoms with Gasteiger partial charge in [0.15, 0.2) is 0 Å². The van der Waals surface area contributed by atoms with Crippen LogP contribution < -0.4 is 9.47 Å². The number of carbonyl (C=O) groups is 2. The number of carbonyl (C=O) groups excluding carboxylic acids is 1. The Hall–Kier alpha value is -3.62. The van der Waals surface area contributed by atoms with Gasteiger partial charge in [0.2, 0.25) is 0 Å². The second-order valence-corrected chi connectivity index (χ2v) is 9.08. The molecule has 34 heavy (non-hydrogen) atoms. The third kappa shape index (κ3) is 6.03. The fraction of sp³-hybridized carbons (Fsp3) is 0.115. The summed E-state index contributed by atoms with van der Waals surface area (Å²) in [4.78, 5) is 25.1. The second kappa shape index (κ2) is 11.0. The number of nitrogens with zero attached hydrogens (tertiary/aromatic N) is 1. The summed E-state index contributed by atoms with van der Waals surface area (Å²) in [6.07, 6.45) is 1.70. The maximum Gasteiger partial charge on any atom is 0.323 e. The van der Waals surface area contributed by atoms with Crippen molar-refractivity contribution in [2.45, 2.75) is 13.2 Å². The molecule has 6 nitrogen and oxygen atoms in total. The smallest absolute Gasteiger partial charge is 0.323 e. The van der Waals surface area contributed by atoms with E-state index in [9.17, 15) is 9.59 Å². The highest BCUT2D eigenvalue weighted by Gasteiger charge is 2.33. The van der Waals surface area contributed by atoms with Crippen molar-refractivity contribution in [1.82, 2.24) is 4.90 Å². The van der Waals surface area contributed by atoms with Gasteiger partial charge in [0.05, 0.1) is 4.91 Å². The molecule has 0 unspecified atom stereocenters. The Kier molecular flexibility index (Phi) is 7.61. The first-order chi connectivity index (χ1) is 16.5. The number of ether oxygens (including phenoxy) is 2. The molecule has 0 aliphatic carbocycles. The lowest BCUT2D eigenvalue weighted by molar-refractivity contribution is -0.140. The molecule has 1 heterocycles. The molecule has 0 atom stereocenters. The predicted molar refractivity (Wildman–Crippen MR) is 136 cm³/mol. The van der Waals surface area contributed by atoms with Gasteiger partial charge in [-0.15, -0.1) is 0 Å². The van der Waals surface area contributed by atoms with E-state index in [4.69, 9.17) is 26.8 Å². The summed E-state index contributed by atoms with van der Waals surface area (Å²) in [5.41, 5.74) is 2.62. The number of benzene rings is 3. The Labute approximate surface area is 206 Å². The third-order valence-electron chi connectivity index (χ3n) is 4.92. The highest BCUT2D eigenvalue weighted by molar-refractivity contribution is 8.26. The van der Waals surface area contributed by atoms with Crippen molar-refractivity contribution >= 4 is 46.3 Å². The number of amides is 1. The van der Waals surface area contributed by atoms with E-state index in [0.717, 1.165) is 39.1 Å². The first-order valence-electron chi connectivity index (χ1n) is 10.4. The number of thioether (sulfide) groups is 1. The van der Waals surface area contributed by atoms with Gasteiger partial charge in [-0.2, -0.15) is 0 Å². The molecule has 0 radical (unpaired) electrons. The number of thiocarbonyl (C=S) groups is 1. The Balaban J connectivity index is 1.57. The topological polar surface area (TPSA) is 76.1 Å². The van der Waals surface area contributed by atoms with Crippen molar-refractivity contribution in [2.75, 3.05) is 6.54 Å². The number of hydrogen-bond donors (Lipinski definition) is 1. The monoisotopic (exact) mass is 491 g/mol. The lowest BCUT2D eigenvalue weighted by Gasteiger charge is -2.14. The molecule has 3 aromatic rings. The van der Waals surface area contributed by atoms with E-state index in [1.54, 1.807) is 6.08 Å². The molecule has 0 spiro atoms. The van der Waals surface area contributed by atoms with Gasteiger partial charge in [0.25, 0.3) is 5.91 Å². The molecule has 0 saturated carbocycles. The molecule has 1 aliphatic rings. The molecular weight excluding hydrogens is 470 g/mol. The molecule has 4 rings (SSSR count). The van der Waals surface area contributed by atoms with E-state index in [1.807, 2.05) is 78.9 Å².